The number of carbonyl (C=O) groups excluding carboxylic acids is 4. The number of aryl methyl sites for hydroxylation is 1. The number of nitrogens with zero attached hydrogens (tertiary/aromatic N) is 4. The minimum Gasteiger partial charge on any atom is -0.476 e. The van der Waals surface area contributed by atoms with E-state index in [0.29, 0.717) is 36.4 Å². The Balaban J connectivity index is 0.000000470. The van der Waals surface area contributed by atoms with Crippen molar-refractivity contribution in [2.24, 2.45) is 17.8 Å². The number of aromatic nitrogens is 2. The van der Waals surface area contributed by atoms with E-state index in [9.17, 15) is 24.0 Å². The SMILES string of the molecule is CC(=O)O[C@H](C[C@H](C(C)C)N(C)[B]C=O)c1nc(C(=O)O)cs1.Cc1csc([C@@H](C[C@H](C(C)C)N(C)[B]C=O)OC(=O)CC(C)C)n1. The number of hydrogen-bond acceptors (Lipinski definition) is 13. The first-order valence-electron chi connectivity index (χ1n) is 15.5. The Bertz CT molecular complexity index is 1290. The lowest BCUT2D eigenvalue weighted by Crippen LogP contribution is -2.40. The molecule has 0 fully saturated rings. The van der Waals surface area contributed by atoms with Crippen LogP contribution in [-0.2, 0) is 28.7 Å². The maximum absolute atomic E-state index is 12.2. The second-order valence-electron chi connectivity index (χ2n) is 12.4. The highest BCUT2D eigenvalue weighted by atomic mass is 32.1. The molecule has 1 N–H and O–H groups in total. The molecule has 0 unspecified atom stereocenters. The number of rotatable bonds is 19. The van der Waals surface area contributed by atoms with Crippen LogP contribution in [0.1, 0.15) is 106 Å². The van der Waals surface area contributed by atoms with Gasteiger partial charge in [-0.15, -0.1) is 22.7 Å². The van der Waals surface area contributed by atoms with Crippen LogP contribution in [0.25, 0.3) is 0 Å². The summed E-state index contributed by atoms with van der Waals surface area (Å²) in [5, 5.41) is 13.6. The van der Waals surface area contributed by atoms with Crippen molar-refractivity contribution in [2.45, 2.75) is 98.9 Å². The summed E-state index contributed by atoms with van der Waals surface area (Å²) >= 11 is 2.65. The molecule has 12 nitrogen and oxygen atoms in total. The van der Waals surface area contributed by atoms with Gasteiger partial charge >= 0.3 is 17.9 Å². The van der Waals surface area contributed by atoms with Crippen LogP contribution in [0.5, 0.6) is 0 Å². The zero-order chi connectivity index (χ0) is 35.8. The quantitative estimate of drug-likeness (QED) is 0.122. The molecule has 2 heterocycles. The van der Waals surface area contributed by atoms with E-state index < -0.39 is 18.0 Å². The fourth-order valence-corrected chi connectivity index (χ4v) is 6.53. The van der Waals surface area contributed by atoms with Gasteiger partial charge in [-0.25, -0.2) is 14.8 Å². The lowest BCUT2D eigenvalue weighted by atomic mass is 9.86. The van der Waals surface area contributed by atoms with Crippen LogP contribution < -0.4 is 0 Å². The molecular formula is C31H48B2N4O8S2. The first-order chi connectivity index (χ1) is 22.0. The van der Waals surface area contributed by atoms with Crippen molar-refractivity contribution in [1.29, 1.82) is 0 Å². The van der Waals surface area contributed by atoms with Crippen LogP contribution in [0.15, 0.2) is 10.8 Å². The number of carbonyl (C=O) groups is 5. The Morgan fingerprint density at radius 1 is 0.851 bits per heavy atom. The molecule has 0 aromatic carbocycles. The van der Waals surface area contributed by atoms with Crippen molar-refractivity contribution in [1.82, 2.24) is 19.6 Å². The molecule has 47 heavy (non-hydrogen) atoms. The van der Waals surface area contributed by atoms with Gasteiger partial charge < -0.3 is 33.8 Å². The maximum Gasteiger partial charge on any atom is 0.355 e. The summed E-state index contributed by atoms with van der Waals surface area (Å²) in [6.07, 6.45) is 1.85. The largest absolute Gasteiger partial charge is 0.476 e. The molecule has 0 aliphatic carbocycles. The van der Waals surface area contributed by atoms with Gasteiger partial charge in [0, 0.05) is 54.7 Å². The molecule has 2 aromatic rings. The van der Waals surface area contributed by atoms with Gasteiger partial charge in [-0.1, -0.05) is 41.5 Å². The Morgan fingerprint density at radius 2 is 1.32 bits per heavy atom. The number of thiazole rings is 2. The molecule has 2 aromatic heterocycles. The number of carboxylic acid groups (broad SMARTS) is 1. The molecule has 0 bridgehead atoms. The lowest BCUT2D eigenvalue weighted by Gasteiger charge is -2.32. The molecule has 4 atom stereocenters. The van der Waals surface area contributed by atoms with E-state index in [1.54, 1.807) is 11.9 Å². The average molecular weight is 691 g/mol. The molecule has 16 heteroatoms. The topological polar surface area (TPSA) is 156 Å². The van der Waals surface area contributed by atoms with Gasteiger partial charge in [-0.2, -0.15) is 0 Å². The third-order valence-corrected chi connectivity index (χ3v) is 9.17. The van der Waals surface area contributed by atoms with Crippen molar-refractivity contribution < 1.29 is 38.6 Å². The molecule has 0 aliphatic heterocycles. The predicted octanol–water partition coefficient (Wildman–Crippen LogP) is 4.84. The Hall–Kier alpha value is -2.94. The molecule has 258 valence electrons. The van der Waals surface area contributed by atoms with E-state index in [0.717, 1.165) is 28.2 Å². The highest BCUT2D eigenvalue weighted by Gasteiger charge is 2.30. The van der Waals surface area contributed by atoms with Crippen molar-refractivity contribution in [3.63, 3.8) is 0 Å². The average Bonchev–Trinajstić information content (AvgIpc) is 3.62. The number of aromatic carboxylic acids is 1. The van der Waals surface area contributed by atoms with Crippen molar-refractivity contribution in [3.8, 4) is 0 Å². The van der Waals surface area contributed by atoms with Crippen LogP contribution in [-0.4, -0.2) is 96.0 Å². The molecular weight excluding hydrogens is 642 g/mol. The number of hydrogen-bond donors (Lipinski definition) is 1. The maximum atomic E-state index is 12.2. The Morgan fingerprint density at radius 3 is 1.68 bits per heavy atom. The van der Waals surface area contributed by atoms with Crippen LogP contribution in [0.2, 0.25) is 0 Å². The second kappa shape index (κ2) is 21.1. The van der Waals surface area contributed by atoms with Crippen molar-refractivity contribution >= 4 is 67.8 Å². The van der Waals surface area contributed by atoms with Gasteiger partial charge in [-0.3, -0.25) is 9.59 Å². The monoisotopic (exact) mass is 690 g/mol. The zero-order valence-electron chi connectivity index (χ0n) is 29.0. The third-order valence-electron chi connectivity index (χ3n) is 7.17. The van der Waals surface area contributed by atoms with Crippen molar-refractivity contribution in [3.05, 3.63) is 32.2 Å². The molecule has 0 aliphatic rings. The first-order valence-corrected chi connectivity index (χ1v) is 17.2. The molecule has 2 radical (unpaired) electrons. The third kappa shape index (κ3) is 15.2. The molecule has 0 spiro atoms. The highest BCUT2D eigenvalue weighted by Crippen LogP contribution is 2.31. The van der Waals surface area contributed by atoms with Gasteiger partial charge in [-0.05, 0) is 38.8 Å². The van der Waals surface area contributed by atoms with E-state index in [1.807, 2.05) is 51.9 Å². The molecule has 0 saturated carbocycles. The zero-order valence-corrected chi connectivity index (χ0v) is 30.7. The summed E-state index contributed by atoms with van der Waals surface area (Å²) in [7, 11) is 6.58. The summed E-state index contributed by atoms with van der Waals surface area (Å²) < 4.78 is 11.1. The predicted molar refractivity (Wildman–Crippen MR) is 186 cm³/mol. The minimum absolute atomic E-state index is 0.0678. The summed E-state index contributed by atoms with van der Waals surface area (Å²) in [4.78, 5) is 68.2. The van der Waals surface area contributed by atoms with Gasteiger partial charge in [0.2, 0.25) is 0 Å². The van der Waals surface area contributed by atoms with E-state index in [-0.39, 0.29) is 41.7 Å². The Labute approximate surface area is 288 Å². The fourth-order valence-electron chi connectivity index (χ4n) is 4.86. The second-order valence-corrected chi connectivity index (χ2v) is 14.2. The van der Waals surface area contributed by atoms with Gasteiger partial charge in [0.1, 0.15) is 10.0 Å². The van der Waals surface area contributed by atoms with Gasteiger partial charge in [0.15, 0.2) is 17.9 Å². The number of carboxylic acids is 1. The van der Waals surface area contributed by atoms with E-state index in [2.05, 4.69) is 23.8 Å². The Kier molecular flexibility index (Phi) is 18.9. The summed E-state index contributed by atoms with van der Waals surface area (Å²) in [6, 6.07) is 0.0120. The normalized spacial score (nSPS) is 13.9. The standard InChI is InChI=1S/C17H28BN2O3S.C14H20BN2O5S/c1-11(2)7-16(22)23-15(17-19-13(5)9-24-17)8-14(12(3)4)20(6)18-10-21;1-8(2)11(17(4)15-7-18)5-12(22-9(3)19)13-16-10(6-23-13)14(20)21/h9-12,14-15H,7-8H2,1-6H3;6-8,11-12H,5H2,1-4H3,(H,20,21)/t14-,15-;11-,12-/m11/s1. The van der Waals surface area contributed by atoms with Gasteiger partial charge in [0.05, 0.1) is 12.4 Å². The highest BCUT2D eigenvalue weighted by molar-refractivity contribution is 7.10. The van der Waals surface area contributed by atoms with Gasteiger partial charge in [0.25, 0.3) is 14.8 Å². The molecule has 2 rings (SSSR count). The number of esters is 2. The summed E-state index contributed by atoms with van der Waals surface area (Å²) in [6.45, 7) is 15.4. The smallest absolute Gasteiger partial charge is 0.355 e. The van der Waals surface area contributed by atoms with Crippen molar-refractivity contribution in [2.75, 3.05) is 14.1 Å². The van der Waals surface area contributed by atoms with Crippen LogP contribution in [0.4, 0.5) is 0 Å². The summed E-state index contributed by atoms with van der Waals surface area (Å²) in [5.74, 6) is -1.05. The lowest BCUT2D eigenvalue weighted by molar-refractivity contribution is -0.151. The molecule has 0 saturated heterocycles. The van der Waals surface area contributed by atoms with Crippen LogP contribution in [0.3, 0.4) is 0 Å². The first kappa shape index (κ1) is 42.1. The molecule has 0 amide bonds. The van der Waals surface area contributed by atoms with E-state index >= 15 is 0 Å². The van der Waals surface area contributed by atoms with E-state index in [4.69, 9.17) is 14.6 Å². The minimum atomic E-state index is -1.12. The van der Waals surface area contributed by atoms with Crippen LogP contribution in [0, 0.1) is 24.7 Å². The number of ether oxygens (including phenoxy) is 2. The fraction of sp³-hybridized carbons (Fsp3) is 0.645. The van der Waals surface area contributed by atoms with E-state index in [1.165, 1.54) is 38.5 Å². The summed E-state index contributed by atoms with van der Waals surface area (Å²) in [5.41, 5.74) is 0.852. The van der Waals surface area contributed by atoms with Crippen LogP contribution >= 0.6 is 22.7 Å².